The molecule has 0 aliphatic rings. The van der Waals surface area contributed by atoms with Crippen LogP contribution in [0.1, 0.15) is 0 Å². The highest BCUT2D eigenvalue weighted by Crippen LogP contribution is 2.29. The van der Waals surface area contributed by atoms with Crippen LogP contribution in [0.25, 0.3) is 10.9 Å². The zero-order chi connectivity index (χ0) is 10.2. The lowest BCUT2D eigenvalue weighted by Gasteiger charge is -2.07. The molecular formula is C8H4F3NO2. The second kappa shape index (κ2) is 2.90. The summed E-state index contributed by atoms with van der Waals surface area (Å²) in [5.74, 6) is -0.358. The van der Waals surface area contributed by atoms with E-state index in [1.165, 1.54) is 18.4 Å². The minimum Gasteiger partial charge on any atom is -0.403 e. The van der Waals surface area contributed by atoms with Crippen LogP contribution in [-0.4, -0.2) is 11.5 Å². The quantitative estimate of drug-likeness (QED) is 0.714. The third kappa shape index (κ3) is 1.63. The number of fused-ring (bicyclic) bond motifs is 1. The molecule has 0 saturated carbocycles. The van der Waals surface area contributed by atoms with Crippen LogP contribution in [-0.2, 0) is 0 Å². The number of hydrogen-bond acceptors (Lipinski definition) is 3. The molecule has 1 aromatic heterocycles. The largest absolute Gasteiger partial charge is 0.573 e. The first kappa shape index (κ1) is 8.86. The molecule has 6 heteroatoms. The Bertz CT molecular complexity index is 449. The van der Waals surface area contributed by atoms with E-state index in [1.54, 1.807) is 6.07 Å². The lowest BCUT2D eigenvalue weighted by molar-refractivity contribution is -0.274. The van der Waals surface area contributed by atoms with Gasteiger partial charge in [0.05, 0.1) is 0 Å². The number of nitrogens with zero attached hydrogens (tertiary/aromatic N) is 1. The van der Waals surface area contributed by atoms with E-state index in [0.29, 0.717) is 5.39 Å². The average molecular weight is 203 g/mol. The summed E-state index contributed by atoms with van der Waals surface area (Å²) in [6.45, 7) is 0. The minimum atomic E-state index is -4.72. The lowest BCUT2D eigenvalue weighted by atomic mass is 10.2. The molecule has 0 bridgehead atoms. The second-order valence-electron chi connectivity index (χ2n) is 2.56. The maximum absolute atomic E-state index is 11.9. The highest BCUT2D eigenvalue weighted by Gasteiger charge is 2.32. The molecule has 0 N–H and O–H groups in total. The molecule has 0 aliphatic carbocycles. The molecule has 74 valence electrons. The molecule has 0 amide bonds. The summed E-state index contributed by atoms with van der Waals surface area (Å²) in [4.78, 5) is 0. The Morgan fingerprint density at radius 3 is 2.79 bits per heavy atom. The summed E-state index contributed by atoms with van der Waals surface area (Å²) in [5, 5.41) is 3.87. The number of ether oxygens (including phenoxy) is 1. The third-order valence-corrected chi connectivity index (χ3v) is 1.58. The van der Waals surface area contributed by atoms with Crippen LogP contribution in [0.5, 0.6) is 5.75 Å². The van der Waals surface area contributed by atoms with Crippen LogP contribution in [0.3, 0.4) is 0 Å². The molecule has 0 spiro atoms. The molecular weight excluding hydrogens is 199 g/mol. The SMILES string of the molecule is FC(F)(F)Oc1cccc2conc12. The van der Waals surface area contributed by atoms with Crippen LogP contribution < -0.4 is 4.74 Å². The molecule has 1 aromatic carbocycles. The maximum Gasteiger partial charge on any atom is 0.573 e. The molecule has 0 radical (unpaired) electrons. The first-order valence-corrected chi connectivity index (χ1v) is 3.65. The zero-order valence-corrected chi connectivity index (χ0v) is 6.71. The predicted molar refractivity (Wildman–Crippen MR) is 40.7 cm³/mol. The van der Waals surface area contributed by atoms with Crippen molar-refractivity contribution in [1.29, 1.82) is 0 Å². The fourth-order valence-electron chi connectivity index (χ4n) is 1.07. The summed E-state index contributed by atoms with van der Waals surface area (Å²) in [5.41, 5.74) is 0.0600. The van der Waals surface area contributed by atoms with Gasteiger partial charge >= 0.3 is 6.36 Å². The number of alkyl halides is 3. The van der Waals surface area contributed by atoms with E-state index in [1.807, 2.05) is 0 Å². The highest BCUT2D eigenvalue weighted by atomic mass is 19.4. The standard InChI is InChI=1S/C8H4F3NO2/c9-8(10,11)14-6-3-1-2-5-4-13-12-7(5)6/h1-4H. The summed E-state index contributed by atoms with van der Waals surface area (Å²) < 4.78 is 44.0. The van der Waals surface area contributed by atoms with Crippen molar-refractivity contribution in [2.45, 2.75) is 6.36 Å². The van der Waals surface area contributed by atoms with Gasteiger partial charge in [-0.1, -0.05) is 11.2 Å². The minimum absolute atomic E-state index is 0.0600. The molecule has 2 aromatic rings. The molecule has 0 atom stereocenters. The molecule has 1 heterocycles. The highest BCUT2D eigenvalue weighted by molar-refractivity contribution is 5.83. The van der Waals surface area contributed by atoms with E-state index in [4.69, 9.17) is 0 Å². The summed E-state index contributed by atoms with van der Waals surface area (Å²) in [6.07, 6.45) is -3.47. The maximum atomic E-state index is 11.9. The Balaban J connectivity index is 2.46. The van der Waals surface area contributed by atoms with E-state index < -0.39 is 6.36 Å². The van der Waals surface area contributed by atoms with Gasteiger partial charge < -0.3 is 9.26 Å². The van der Waals surface area contributed by atoms with Gasteiger partial charge in [0.25, 0.3) is 0 Å². The Morgan fingerprint density at radius 2 is 2.07 bits per heavy atom. The van der Waals surface area contributed by atoms with Crippen molar-refractivity contribution >= 4 is 10.9 Å². The molecule has 3 nitrogen and oxygen atoms in total. The van der Waals surface area contributed by atoms with E-state index in [0.717, 1.165) is 0 Å². The molecule has 0 aliphatic heterocycles. The molecule has 0 fully saturated rings. The first-order chi connectivity index (χ1) is 6.56. The number of aromatic nitrogens is 1. The van der Waals surface area contributed by atoms with E-state index in [9.17, 15) is 13.2 Å². The monoisotopic (exact) mass is 203 g/mol. The third-order valence-electron chi connectivity index (χ3n) is 1.58. The summed E-state index contributed by atoms with van der Waals surface area (Å²) >= 11 is 0. The van der Waals surface area contributed by atoms with Crippen molar-refractivity contribution in [3.8, 4) is 5.75 Å². The summed E-state index contributed by atoms with van der Waals surface area (Å²) in [6, 6.07) is 4.19. The van der Waals surface area contributed by atoms with Crippen LogP contribution >= 0.6 is 0 Å². The number of benzene rings is 1. The molecule has 14 heavy (non-hydrogen) atoms. The Kier molecular flexibility index (Phi) is 1.83. The van der Waals surface area contributed by atoms with Crippen molar-refractivity contribution in [1.82, 2.24) is 5.16 Å². The summed E-state index contributed by atoms with van der Waals surface area (Å²) in [7, 11) is 0. The molecule has 0 unspecified atom stereocenters. The number of rotatable bonds is 1. The average Bonchev–Trinajstić information content (AvgIpc) is 2.49. The fraction of sp³-hybridized carbons (Fsp3) is 0.125. The van der Waals surface area contributed by atoms with Gasteiger partial charge in [0.2, 0.25) is 0 Å². The number of halogens is 3. The van der Waals surface area contributed by atoms with Gasteiger partial charge in [-0.3, -0.25) is 0 Å². The van der Waals surface area contributed by atoms with Crippen molar-refractivity contribution < 1.29 is 22.4 Å². The molecule has 2 rings (SSSR count). The van der Waals surface area contributed by atoms with Gasteiger partial charge in [0.15, 0.2) is 11.3 Å². The fourth-order valence-corrected chi connectivity index (χ4v) is 1.07. The van der Waals surface area contributed by atoms with Gasteiger partial charge in [-0.05, 0) is 12.1 Å². The second-order valence-corrected chi connectivity index (χ2v) is 2.56. The Morgan fingerprint density at radius 1 is 1.29 bits per heavy atom. The predicted octanol–water partition coefficient (Wildman–Crippen LogP) is 2.73. The van der Waals surface area contributed by atoms with Crippen molar-refractivity contribution in [3.05, 3.63) is 24.5 Å². The lowest BCUT2D eigenvalue weighted by Crippen LogP contribution is -2.17. The number of hydrogen-bond donors (Lipinski definition) is 0. The zero-order valence-electron chi connectivity index (χ0n) is 6.71. The Hall–Kier alpha value is -1.72. The van der Waals surface area contributed by atoms with E-state index in [-0.39, 0.29) is 11.3 Å². The van der Waals surface area contributed by atoms with Crippen molar-refractivity contribution in [2.75, 3.05) is 0 Å². The topological polar surface area (TPSA) is 35.3 Å². The van der Waals surface area contributed by atoms with Crippen molar-refractivity contribution in [2.24, 2.45) is 0 Å². The van der Waals surface area contributed by atoms with E-state index in [2.05, 4.69) is 14.4 Å². The van der Waals surface area contributed by atoms with Gasteiger partial charge in [-0.25, -0.2) is 0 Å². The Labute approximate surface area is 76.1 Å². The van der Waals surface area contributed by atoms with Gasteiger partial charge in [-0.15, -0.1) is 13.2 Å². The normalized spacial score (nSPS) is 11.9. The molecule has 0 saturated heterocycles. The van der Waals surface area contributed by atoms with Crippen molar-refractivity contribution in [3.63, 3.8) is 0 Å². The van der Waals surface area contributed by atoms with Crippen LogP contribution in [0.4, 0.5) is 13.2 Å². The van der Waals surface area contributed by atoms with Crippen LogP contribution in [0.15, 0.2) is 29.0 Å². The van der Waals surface area contributed by atoms with Crippen LogP contribution in [0, 0.1) is 0 Å². The van der Waals surface area contributed by atoms with Gasteiger partial charge in [-0.2, -0.15) is 0 Å². The smallest absolute Gasteiger partial charge is 0.403 e. The van der Waals surface area contributed by atoms with Crippen LogP contribution in [0.2, 0.25) is 0 Å². The first-order valence-electron chi connectivity index (χ1n) is 3.65. The van der Waals surface area contributed by atoms with Gasteiger partial charge in [0, 0.05) is 5.39 Å². The van der Waals surface area contributed by atoms with E-state index >= 15 is 0 Å². The van der Waals surface area contributed by atoms with Gasteiger partial charge in [0.1, 0.15) is 6.26 Å².